The van der Waals surface area contributed by atoms with E-state index in [0.717, 1.165) is 6.42 Å². The molecule has 0 saturated heterocycles. The smallest absolute Gasteiger partial charge is 0.302 e. The van der Waals surface area contributed by atoms with Gasteiger partial charge in [0.25, 0.3) is 0 Å². The Morgan fingerprint density at radius 3 is 1.90 bits per heavy atom. The van der Waals surface area contributed by atoms with Crippen molar-refractivity contribution in [2.24, 2.45) is 0 Å². The van der Waals surface area contributed by atoms with Crippen LogP contribution in [0.15, 0.2) is 0 Å². The number of carbonyl (C=O) groups is 2. The van der Waals surface area contributed by atoms with Crippen molar-refractivity contribution in [3.8, 4) is 0 Å². The number of rotatable bonds is 7. The maximum absolute atomic E-state index is 10.3. The summed E-state index contributed by atoms with van der Waals surface area (Å²) in [6.07, 6.45) is 3.33. The Hall–Kier alpha value is -1.10. The minimum absolute atomic E-state index is 0. The topological polar surface area (TPSA) is 94.1 Å². The zero-order valence-corrected chi connectivity index (χ0v) is 11.2. The quantitative estimate of drug-likeness (QED) is 0.572. The van der Waals surface area contributed by atoms with Crippen LogP contribution in [-0.4, -0.2) is 24.6 Å². The van der Waals surface area contributed by atoms with Gasteiger partial charge in [-0.2, -0.15) is 0 Å². The van der Waals surface area contributed by atoms with E-state index in [1.807, 2.05) is 0 Å². The molecule has 0 heterocycles. The standard InChI is InChI=1S/C8H14O4.C4H11N.3CH4/c1-7(9)12-6-4-2-3-5-8(10)11;1-3-4(2)5;;;/h2-6H2,1H3,(H,10,11);4H,3,5H2,1-2H3;3*1H4. The molecular formula is C15H37NO4. The first-order valence-corrected chi connectivity index (χ1v) is 6.06. The predicted octanol–water partition coefficient (Wildman–Crippen LogP) is 1.79. The number of carbonyl (C=O) groups excluding carboxylic acids is 2. The molecule has 0 aliphatic heterocycles. The molecule has 0 spiro atoms. The Morgan fingerprint density at radius 2 is 1.60 bits per heavy atom. The molecule has 0 fully saturated rings. The van der Waals surface area contributed by atoms with Crippen molar-refractivity contribution in [3.63, 3.8) is 0 Å². The van der Waals surface area contributed by atoms with E-state index in [4.69, 9.17) is 0 Å². The summed E-state index contributed by atoms with van der Waals surface area (Å²) in [5.74, 6) is -1.32. The lowest BCUT2D eigenvalue weighted by molar-refractivity contribution is -0.414. The fourth-order valence-corrected chi connectivity index (χ4v) is 0.764. The number of hydrogen-bond donors (Lipinski definition) is 1. The van der Waals surface area contributed by atoms with Crippen LogP contribution in [0.5, 0.6) is 0 Å². The van der Waals surface area contributed by atoms with Crippen molar-refractivity contribution >= 4 is 11.9 Å². The van der Waals surface area contributed by atoms with Crippen LogP contribution in [-0.2, 0) is 14.3 Å². The van der Waals surface area contributed by atoms with E-state index in [2.05, 4.69) is 24.3 Å². The fraction of sp³-hybridized carbons (Fsp3) is 0.867. The van der Waals surface area contributed by atoms with E-state index in [1.54, 1.807) is 0 Å². The number of carboxylic acids is 1. The minimum Gasteiger partial charge on any atom is -0.550 e. The molecule has 0 aromatic carbocycles. The van der Waals surface area contributed by atoms with Crippen LogP contribution in [0.25, 0.3) is 0 Å². The lowest BCUT2D eigenvalue weighted by atomic mass is 10.2. The first kappa shape index (κ1) is 31.3. The summed E-state index contributed by atoms with van der Waals surface area (Å²) < 4.78 is 4.65. The number of unbranched alkanes of at least 4 members (excludes halogenated alkanes) is 2. The average molecular weight is 295 g/mol. The Kier molecular flexibility index (Phi) is 36.1. The van der Waals surface area contributed by atoms with Crippen molar-refractivity contribution in [2.75, 3.05) is 6.61 Å². The van der Waals surface area contributed by atoms with Crippen molar-refractivity contribution in [1.29, 1.82) is 0 Å². The van der Waals surface area contributed by atoms with Crippen LogP contribution in [0.2, 0.25) is 0 Å². The Balaban J connectivity index is -0.0000000821. The van der Waals surface area contributed by atoms with Crippen LogP contribution in [0.4, 0.5) is 0 Å². The first-order valence-electron chi connectivity index (χ1n) is 6.06. The van der Waals surface area contributed by atoms with Gasteiger partial charge in [0.15, 0.2) is 0 Å². The van der Waals surface area contributed by atoms with Crippen molar-refractivity contribution < 1.29 is 25.2 Å². The largest absolute Gasteiger partial charge is 0.550 e. The molecule has 1 atom stereocenters. The summed E-state index contributed by atoms with van der Waals surface area (Å²) in [6, 6.07) is 0.634. The fourth-order valence-electron chi connectivity index (χ4n) is 0.764. The molecule has 5 nitrogen and oxygen atoms in total. The summed E-state index contributed by atoms with van der Waals surface area (Å²) in [4.78, 5) is 20.2. The molecule has 0 radical (unpaired) electrons. The maximum Gasteiger partial charge on any atom is 0.302 e. The molecule has 0 rings (SSSR count). The van der Waals surface area contributed by atoms with Crippen LogP contribution in [0.3, 0.4) is 0 Å². The SMILES string of the molecule is C.C.C.CC(=O)OCCCCCC(=O)[O-].CCC(C)[NH3+]. The molecular weight excluding hydrogens is 258 g/mol. The highest BCUT2D eigenvalue weighted by Gasteiger charge is 1.93. The Labute approximate surface area is 125 Å². The molecule has 3 N–H and O–H groups in total. The first-order chi connectivity index (χ1) is 7.90. The molecule has 1 unspecified atom stereocenters. The van der Waals surface area contributed by atoms with Gasteiger partial charge in [-0.05, 0) is 39.0 Å². The number of aliphatic carboxylic acids is 1. The van der Waals surface area contributed by atoms with Gasteiger partial charge in [-0.25, -0.2) is 0 Å². The predicted molar refractivity (Wildman–Crippen MR) is 82.9 cm³/mol. The molecule has 5 heteroatoms. The van der Waals surface area contributed by atoms with Gasteiger partial charge < -0.3 is 20.4 Å². The lowest BCUT2D eigenvalue weighted by Crippen LogP contribution is -2.58. The zero-order chi connectivity index (χ0) is 13.7. The Bertz CT molecular complexity index is 188. The summed E-state index contributed by atoms with van der Waals surface area (Å²) in [5, 5.41) is 9.94. The third-order valence-electron chi connectivity index (χ3n) is 2.03. The van der Waals surface area contributed by atoms with E-state index in [9.17, 15) is 14.7 Å². The van der Waals surface area contributed by atoms with E-state index in [0.29, 0.717) is 25.5 Å². The summed E-state index contributed by atoms with van der Waals surface area (Å²) in [7, 11) is 0. The van der Waals surface area contributed by atoms with Crippen LogP contribution in [0.1, 0.15) is 75.2 Å². The lowest BCUT2D eigenvalue weighted by Gasteiger charge is -2.02. The second-order valence-corrected chi connectivity index (χ2v) is 4.04. The molecule has 126 valence electrons. The van der Waals surface area contributed by atoms with Gasteiger partial charge >= 0.3 is 5.97 Å². The summed E-state index contributed by atoms with van der Waals surface area (Å²) in [5.41, 5.74) is 3.76. The number of quaternary nitrogens is 1. The van der Waals surface area contributed by atoms with Crippen LogP contribution in [0, 0.1) is 0 Å². The van der Waals surface area contributed by atoms with Crippen LogP contribution < -0.4 is 10.8 Å². The average Bonchev–Trinajstić information content (AvgIpc) is 2.23. The monoisotopic (exact) mass is 295 g/mol. The molecule has 0 aromatic rings. The van der Waals surface area contributed by atoms with Crippen molar-refractivity contribution in [1.82, 2.24) is 0 Å². The molecule has 20 heavy (non-hydrogen) atoms. The van der Waals surface area contributed by atoms with E-state index >= 15 is 0 Å². The summed E-state index contributed by atoms with van der Waals surface area (Å²) in [6.45, 7) is 5.97. The van der Waals surface area contributed by atoms with Crippen molar-refractivity contribution in [2.45, 2.75) is 81.2 Å². The Morgan fingerprint density at radius 1 is 1.15 bits per heavy atom. The summed E-state index contributed by atoms with van der Waals surface area (Å²) >= 11 is 0. The minimum atomic E-state index is -1.03. The number of ether oxygens (including phenoxy) is 1. The van der Waals surface area contributed by atoms with E-state index in [-0.39, 0.29) is 34.7 Å². The van der Waals surface area contributed by atoms with Crippen LogP contribution >= 0.6 is 0 Å². The van der Waals surface area contributed by atoms with Gasteiger partial charge in [0.2, 0.25) is 0 Å². The van der Waals surface area contributed by atoms with Gasteiger partial charge in [0, 0.05) is 12.9 Å². The van der Waals surface area contributed by atoms with Gasteiger partial charge in [-0.15, -0.1) is 0 Å². The van der Waals surface area contributed by atoms with E-state index in [1.165, 1.54) is 13.3 Å². The second kappa shape index (κ2) is 23.0. The highest BCUT2D eigenvalue weighted by molar-refractivity contribution is 5.65. The molecule has 0 aromatic heterocycles. The van der Waals surface area contributed by atoms with Gasteiger partial charge in [-0.3, -0.25) is 4.79 Å². The maximum atomic E-state index is 10.3. The number of hydrogen-bond acceptors (Lipinski definition) is 4. The highest BCUT2D eigenvalue weighted by atomic mass is 16.5. The zero-order valence-electron chi connectivity index (χ0n) is 11.2. The molecule has 0 aliphatic rings. The van der Waals surface area contributed by atoms with Crippen molar-refractivity contribution in [3.05, 3.63) is 0 Å². The molecule has 0 amide bonds. The third-order valence-corrected chi connectivity index (χ3v) is 2.03. The van der Waals surface area contributed by atoms with Gasteiger partial charge in [0.05, 0.1) is 12.6 Å². The van der Waals surface area contributed by atoms with Gasteiger partial charge in [-0.1, -0.05) is 29.2 Å². The normalized spacial score (nSPS) is 9.40. The second-order valence-electron chi connectivity index (χ2n) is 4.04. The number of carboxylic acid groups (broad SMARTS) is 1. The number of esters is 1. The molecule has 0 bridgehead atoms. The third kappa shape index (κ3) is 43.6. The highest BCUT2D eigenvalue weighted by Crippen LogP contribution is 1.98. The molecule has 0 saturated carbocycles. The van der Waals surface area contributed by atoms with Gasteiger partial charge in [0.1, 0.15) is 0 Å². The molecule has 0 aliphatic carbocycles. The van der Waals surface area contributed by atoms with E-state index < -0.39 is 5.97 Å².